The summed E-state index contributed by atoms with van der Waals surface area (Å²) in [5.74, 6) is 0.194. The molecule has 3 aromatic rings. The number of ether oxygens (including phenoxy) is 1. The summed E-state index contributed by atoms with van der Waals surface area (Å²) in [6.45, 7) is 1.91. The first-order chi connectivity index (χ1) is 10.9. The lowest BCUT2D eigenvalue weighted by Gasteiger charge is -2.13. The quantitative estimate of drug-likeness (QED) is 0.645. The van der Waals surface area contributed by atoms with Crippen LogP contribution in [-0.4, -0.2) is 12.1 Å². The molecule has 0 atom stereocenters. The number of alkyl halides is 3. The Labute approximate surface area is 131 Å². The van der Waals surface area contributed by atoms with Crippen LogP contribution in [0, 0.1) is 6.92 Å². The van der Waals surface area contributed by atoms with E-state index in [1.54, 1.807) is 0 Å². The second kappa shape index (κ2) is 5.57. The maximum absolute atomic E-state index is 12.8. The number of benzene rings is 2. The number of pyridine rings is 1. The molecule has 0 spiro atoms. The molecule has 2 nitrogen and oxygen atoms in total. The molecule has 2 aromatic carbocycles. The van der Waals surface area contributed by atoms with Crippen LogP contribution in [0.2, 0.25) is 0 Å². The monoisotopic (exact) mass is 317 g/mol. The van der Waals surface area contributed by atoms with E-state index in [4.69, 9.17) is 4.74 Å². The zero-order valence-corrected chi connectivity index (χ0v) is 12.6. The molecule has 0 aliphatic rings. The Balaban J connectivity index is 2.12. The molecular formula is C18H14F3NO. The van der Waals surface area contributed by atoms with E-state index in [2.05, 4.69) is 4.98 Å². The van der Waals surface area contributed by atoms with Crippen molar-refractivity contribution in [1.82, 2.24) is 4.98 Å². The number of hydrogen-bond donors (Lipinski definition) is 0. The van der Waals surface area contributed by atoms with Crippen molar-refractivity contribution >= 4 is 10.9 Å². The molecule has 1 heterocycles. The lowest BCUT2D eigenvalue weighted by molar-refractivity contribution is -0.137. The van der Waals surface area contributed by atoms with Crippen molar-refractivity contribution in [2.45, 2.75) is 13.1 Å². The lowest BCUT2D eigenvalue weighted by atomic mass is 10.0. The third-order valence-electron chi connectivity index (χ3n) is 3.67. The van der Waals surface area contributed by atoms with Gasteiger partial charge in [0.1, 0.15) is 5.75 Å². The molecule has 0 fully saturated rings. The summed E-state index contributed by atoms with van der Waals surface area (Å²) in [5, 5.41) is 0.926. The molecule has 0 aliphatic carbocycles. The molecule has 1 aromatic heterocycles. The van der Waals surface area contributed by atoms with Crippen LogP contribution in [0.15, 0.2) is 48.5 Å². The number of hydrogen-bond acceptors (Lipinski definition) is 2. The number of fused-ring (bicyclic) bond motifs is 1. The predicted molar refractivity (Wildman–Crippen MR) is 83.5 cm³/mol. The summed E-state index contributed by atoms with van der Waals surface area (Å²) >= 11 is 0. The van der Waals surface area contributed by atoms with Crippen molar-refractivity contribution in [2.24, 2.45) is 0 Å². The van der Waals surface area contributed by atoms with Crippen molar-refractivity contribution < 1.29 is 17.9 Å². The normalized spacial score (nSPS) is 11.7. The van der Waals surface area contributed by atoms with Crippen molar-refractivity contribution in [3.8, 4) is 16.9 Å². The molecule has 0 radical (unpaired) electrons. The van der Waals surface area contributed by atoms with E-state index in [1.807, 2.05) is 37.3 Å². The summed E-state index contributed by atoms with van der Waals surface area (Å²) in [4.78, 5) is 4.42. The predicted octanol–water partition coefficient (Wildman–Crippen LogP) is 5.24. The summed E-state index contributed by atoms with van der Waals surface area (Å²) in [5.41, 5.74) is 2.44. The summed E-state index contributed by atoms with van der Waals surface area (Å²) < 4.78 is 43.6. The first-order valence-corrected chi connectivity index (χ1v) is 7.01. The molecule has 0 unspecified atom stereocenters. The van der Waals surface area contributed by atoms with E-state index in [0.717, 1.165) is 34.3 Å². The van der Waals surface area contributed by atoms with E-state index in [-0.39, 0.29) is 5.75 Å². The highest BCUT2D eigenvalue weighted by molar-refractivity contribution is 5.86. The van der Waals surface area contributed by atoms with Gasteiger partial charge in [0.05, 0.1) is 18.2 Å². The molecule has 0 amide bonds. The molecular weight excluding hydrogens is 303 g/mol. The van der Waals surface area contributed by atoms with Crippen molar-refractivity contribution in [1.29, 1.82) is 0 Å². The minimum atomic E-state index is -4.39. The average Bonchev–Trinajstić information content (AvgIpc) is 2.53. The second-order valence-electron chi connectivity index (χ2n) is 5.27. The second-order valence-corrected chi connectivity index (χ2v) is 5.27. The van der Waals surface area contributed by atoms with Crippen LogP contribution in [0.1, 0.15) is 11.3 Å². The Hall–Kier alpha value is -2.56. The van der Waals surface area contributed by atoms with Gasteiger partial charge in [-0.2, -0.15) is 13.2 Å². The molecule has 0 bridgehead atoms. The van der Waals surface area contributed by atoms with Gasteiger partial charge in [-0.15, -0.1) is 0 Å². The van der Waals surface area contributed by atoms with Crippen molar-refractivity contribution in [3.63, 3.8) is 0 Å². The highest BCUT2D eigenvalue weighted by Gasteiger charge is 2.31. The Bertz CT molecular complexity index is 872. The fourth-order valence-corrected chi connectivity index (χ4v) is 2.50. The maximum Gasteiger partial charge on any atom is 0.416 e. The number of aryl methyl sites for hydroxylation is 1. The van der Waals surface area contributed by atoms with Gasteiger partial charge in [-0.05, 0) is 42.8 Å². The van der Waals surface area contributed by atoms with Gasteiger partial charge in [-0.3, -0.25) is 4.98 Å². The zero-order chi connectivity index (χ0) is 16.6. The Kier molecular flexibility index (Phi) is 3.72. The van der Waals surface area contributed by atoms with Gasteiger partial charge in [-0.25, -0.2) is 0 Å². The van der Waals surface area contributed by atoms with Crippen LogP contribution in [0.3, 0.4) is 0 Å². The molecule has 0 saturated carbocycles. The van der Waals surface area contributed by atoms with Gasteiger partial charge < -0.3 is 4.74 Å². The highest BCUT2D eigenvalue weighted by Crippen LogP contribution is 2.37. The van der Waals surface area contributed by atoms with Gasteiger partial charge in [0.15, 0.2) is 0 Å². The molecule has 5 heteroatoms. The number of nitrogens with zero attached hydrogens (tertiary/aromatic N) is 1. The summed E-state index contributed by atoms with van der Waals surface area (Å²) in [6, 6.07) is 12.9. The van der Waals surface area contributed by atoms with Gasteiger partial charge in [-0.1, -0.05) is 18.2 Å². The largest absolute Gasteiger partial charge is 0.496 e. The SMILES string of the molecule is COc1cc(C(F)(F)F)ccc1-c1ccc2nc(C)ccc2c1. The standard InChI is InChI=1S/C18H14F3NO/c1-11-3-4-13-9-12(5-8-16(13)22-11)15-7-6-14(18(19,20)21)10-17(15)23-2/h3-10H,1-2H3. The topological polar surface area (TPSA) is 22.1 Å². The van der Waals surface area contributed by atoms with Gasteiger partial charge in [0, 0.05) is 16.6 Å². The average molecular weight is 317 g/mol. The fourth-order valence-electron chi connectivity index (χ4n) is 2.50. The number of methoxy groups -OCH3 is 1. The van der Waals surface area contributed by atoms with E-state index >= 15 is 0 Å². The summed E-state index contributed by atoms with van der Waals surface area (Å²) in [6.07, 6.45) is -4.39. The smallest absolute Gasteiger partial charge is 0.416 e. The van der Waals surface area contributed by atoms with Crippen LogP contribution >= 0.6 is 0 Å². The van der Waals surface area contributed by atoms with E-state index in [9.17, 15) is 13.2 Å². The minimum Gasteiger partial charge on any atom is -0.496 e. The van der Waals surface area contributed by atoms with Crippen LogP contribution in [0.5, 0.6) is 5.75 Å². The first kappa shape index (κ1) is 15.3. The maximum atomic E-state index is 12.8. The van der Waals surface area contributed by atoms with Gasteiger partial charge in [0.25, 0.3) is 0 Å². The minimum absolute atomic E-state index is 0.194. The number of rotatable bonds is 2. The highest BCUT2D eigenvalue weighted by atomic mass is 19.4. The third-order valence-corrected chi connectivity index (χ3v) is 3.67. The van der Waals surface area contributed by atoms with E-state index < -0.39 is 11.7 Å². The van der Waals surface area contributed by atoms with Crippen LogP contribution < -0.4 is 4.74 Å². The van der Waals surface area contributed by atoms with Crippen LogP contribution in [0.4, 0.5) is 13.2 Å². The van der Waals surface area contributed by atoms with Crippen molar-refractivity contribution in [2.75, 3.05) is 7.11 Å². The third kappa shape index (κ3) is 2.99. The molecule has 3 rings (SSSR count). The number of aromatic nitrogens is 1. The Morgan fingerprint density at radius 3 is 2.43 bits per heavy atom. The van der Waals surface area contributed by atoms with Gasteiger partial charge >= 0.3 is 6.18 Å². The van der Waals surface area contributed by atoms with E-state index in [1.165, 1.54) is 13.2 Å². The Morgan fingerprint density at radius 1 is 0.957 bits per heavy atom. The van der Waals surface area contributed by atoms with E-state index in [0.29, 0.717) is 5.56 Å². The molecule has 23 heavy (non-hydrogen) atoms. The van der Waals surface area contributed by atoms with Crippen LogP contribution in [0.25, 0.3) is 22.0 Å². The first-order valence-electron chi connectivity index (χ1n) is 7.01. The van der Waals surface area contributed by atoms with Gasteiger partial charge in [0.2, 0.25) is 0 Å². The Morgan fingerprint density at radius 2 is 1.74 bits per heavy atom. The lowest BCUT2D eigenvalue weighted by Crippen LogP contribution is -2.05. The molecule has 118 valence electrons. The fraction of sp³-hybridized carbons (Fsp3) is 0.167. The molecule has 0 saturated heterocycles. The number of halogens is 3. The summed E-state index contributed by atoms with van der Waals surface area (Å²) in [7, 11) is 1.37. The zero-order valence-electron chi connectivity index (χ0n) is 12.6. The van der Waals surface area contributed by atoms with Crippen molar-refractivity contribution in [3.05, 3.63) is 59.8 Å². The van der Waals surface area contributed by atoms with Crippen LogP contribution in [-0.2, 0) is 6.18 Å². The molecule has 0 aliphatic heterocycles. The molecule has 0 N–H and O–H groups in total.